The maximum Gasteiger partial charge on any atom is 0.472 e. The summed E-state index contributed by atoms with van der Waals surface area (Å²) in [5.41, 5.74) is 0. The second kappa shape index (κ2) is 39.2. The van der Waals surface area contributed by atoms with E-state index in [4.69, 9.17) is 18.5 Å². The number of ether oxygens (including phenoxy) is 2. The molecule has 0 amide bonds. The molecule has 0 aromatic rings. The van der Waals surface area contributed by atoms with Crippen molar-refractivity contribution in [2.75, 3.05) is 47.5 Å². The highest BCUT2D eigenvalue weighted by molar-refractivity contribution is 7.47. The van der Waals surface area contributed by atoms with Crippen molar-refractivity contribution in [3.8, 4) is 0 Å². The van der Waals surface area contributed by atoms with Gasteiger partial charge in [0, 0.05) is 12.8 Å². The van der Waals surface area contributed by atoms with Crippen LogP contribution in [0.5, 0.6) is 0 Å². The number of phosphoric acid groups is 1. The smallest absolute Gasteiger partial charge is 0.462 e. The van der Waals surface area contributed by atoms with E-state index in [2.05, 4.69) is 6.92 Å². The van der Waals surface area contributed by atoms with Crippen LogP contribution >= 0.6 is 7.82 Å². The molecule has 354 valence electrons. The first-order valence-corrected chi connectivity index (χ1v) is 24.8. The number of carbonyl (C=O) groups is 2. The quantitative estimate of drug-likeness (QED) is 0.0115. The van der Waals surface area contributed by atoms with Crippen molar-refractivity contribution < 1.29 is 57.4 Å². The van der Waals surface area contributed by atoms with Crippen molar-refractivity contribution >= 4 is 19.8 Å². The van der Waals surface area contributed by atoms with E-state index < -0.39 is 50.8 Å². The van der Waals surface area contributed by atoms with Crippen LogP contribution in [0.4, 0.5) is 0 Å². The lowest BCUT2D eigenvalue weighted by Crippen LogP contribution is -2.37. The molecule has 1 unspecified atom stereocenters. The first-order valence-electron chi connectivity index (χ1n) is 23.3. The van der Waals surface area contributed by atoms with E-state index in [1.807, 2.05) is 40.2 Å². The first kappa shape index (κ1) is 58.6. The van der Waals surface area contributed by atoms with Crippen LogP contribution in [0.25, 0.3) is 0 Å². The molecule has 0 saturated carbocycles. The minimum atomic E-state index is -4.48. The van der Waals surface area contributed by atoms with Gasteiger partial charge < -0.3 is 34.2 Å². The van der Waals surface area contributed by atoms with E-state index in [0.717, 1.165) is 25.7 Å². The molecule has 0 rings (SSSR count). The van der Waals surface area contributed by atoms with Gasteiger partial charge in [-0.1, -0.05) is 177 Å². The fraction of sp³-hybridized carbons (Fsp3) is 0.750. The number of esters is 2. The van der Waals surface area contributed by atoms with Crippen LogP contribution in [-0.4, -0.2) is 109 Å². The molecule has 0 aliphatic carbocycles. The van der Waals surface area contributed by atoms with Gasteiger partial charge in [-0.05, 0) is 32.1 Å². The summed E-state index contributed by atoms with van der Waals surface area (Å²) in [5, 5.41) is 30.6. The Morgan fingerprint density at radius 3 is 1.67 bits per heavy atom. The number of hydrogen-bond donors (Lipinski definition) is 4. The normalized spacial score (nSPS) is 15.6. The number of carbonyl (C=O) groups excluding carboxylic acids is 2. The fourth-order valence-corrected chi connectivity index (χ4v) is 6.86. The SMILES string of the molecule is CC/C=C\C[C@H](O)/C=C/C=C/C=C\C=C/[C@@H](O)[C@H](O)CCCC(=O)O[C@H](COC(=O)CCCCCCCCCCCCCCCCCCC)COP(=O)(O)OCC[N+](C)(C)C. The van der Waals surface area contributed by atoms with Crippen LogP contribution in [0.3, 0.4) is 0 Å². The lowest BCUT2D eigenvalue weighted by Gasteiger charge is -2.24. The van der Waals surface area contributed by atoms with Crippen molar-refractivity contribution in [2.45, 2.75) is 186 Å². The number of allylic oxidation sites excluding steroid dienone is 7. The number of nitrogens with zero attached hydrogens (tertiary/aromatic N) is 1. The van der Waals surface area contributed by atoms with E-state index in [9.17, 15) is 34.4 Å². The van der Waals surface area contributed by atoms with Gasteiger partial charge >= 0.3 is 19.8 Å². The third kappa shape index (κ3) is 41.4. The highest BCUT2D eigenvalue weighted by Crippen LogP contribution is 2.43. The average molecular weight is 885 g/mol. The third-order valence-corrected chi connectivity index (χ3v) is 10.9. The predicted molar refractivity (Wildman–Crippen MR) is 247 cm³/mol. The summed E-state index contributed by atoms with van der Waals surface area (Å²) in [5.74, 6) is -1.13. The lowest BCUT2D eigenvalue weighted by molar-refractivity contribution is -0.870. The van der Waals surface area contributed by atoms with Crippen LogP contribution < -0.4 is 0 Å². The molecular weight excluding hydrogens is 797 g/mol. The fourth-order valence-electron chi connectivity index (χ4n) is 6.12. The minimum absolute atomic E-state index is 0.0340. The van der Waals surface area contributed by atoms with E-state index in [1.165, 1.54) is 89.5 Å². The molecule has 0 aliphatic heterocycles. The summed E-state index contributed by atoms with van der Waals surface area (Å²) in [6, 6.07) is 0. The summed E-state index contributed by atoms with van der Waals surface area (Å²) < 4.78 is 34.1. The second-order valence-electron chi connectivity index (χ2n) is 17.0. The molecule has 5 atom stereocenters. The van der Waals surface area contributed by atoms with Gasteiger partial charge in [-0.2, -0.15) is 0 Å². The van der Waals surface area contributed by atoms with Gasteiger partial charge in [-0.15, -0.1) is 0 Å². The number of likely N-dealkylation sites (N-methyl/N-ethyl adjacent to an activating group) is 1. The Balaban J connectivity index is 4.64. The molecule has 0 fully saturated rings. The molecule has 0 saturated heterocycles. The number of phosphoric ester groups is 1. The number of rotatable bonds is 41. The topological polar surface area (TPSA) is 169 Å². The van der Waals surface area contributed by atoms with Gasteiger partial charge in [0.05, 0.1) is 46.1 Å². The van der Waals surface area contributed by atoms with Gasteiger partial charge in [-0.25, -0.2) is 4.57 Å². The van der Waals surface area contributed by atoms with Crippen molar-refractivity contribution in [1.82, 2.24) is 0 Å². The number of hydrogen-bond acceptors (Lipinski definition) is 10. The molecule has 13 heteroatoms. The van der Waals surface area contributed by atoms with Crippen LogP contribution in [0, 0.1) is 0 Å². The maximum absolute atomic E-state index is 12.7. The number of aliphatic hydroxyl groups is 3. The molecular formula is C48H87NO11P+. The summed E-state index contributed by atoms with van der Waals surface area (Å²) in [4.78, 5) is 35.5. The Bertz CT molecular complexity index is 1280. The highest BCUT2D eigenvalue weighted by atomic mass is 31.2. The summed E-state index contributed by atoms with van der Waals surface area (Å²) in [7, 11) is 1.25. The third-order valence-electron chi connectivity index (χ3n) is 9.90. The molecule has 0 radical (unpaired) electrons. The number of unbranched alkanes of at least 4 members (excludes halogenated alkanes) is 16. The zero-order valence-corrected chi connectivity index (χ0v) is 39.6. The van der Waals surface area contributed by atoms with Crippen molar-refractivity contribution in [2.24, 2.45) is 0 Å². The largest absolute Gasteiger partial charge is 0.472 e. The van der Waals surface area contributed by atoms with Crippen LogP contribution in [0.15, 0.2) is 60.8 Å². The van der Waals surface area contributed by atoms with Gasteiger partial charge in [0.2, 0.25) is 0 Å². The molecule has 12 nitrogen and oxygen atoms in total. The van der Waals surface area contributed by atoms with Crippen LogP contribution in [0.2, 0.25) is 0 Å². The van der Waals surface area contributed by atoms with E-state index >= 15 is 0 Å². The standard InChI is InChI=1S/C48H86NO11P/c1-6-8-10-11-12-13-14-15-16-17-18-19-20-21-22-27-31-37-47(53)57-41-44(42-59-61(55,56)58-40-39-49(3,4)5)60-48(54)38-32-36-46(52)45(51)35-30-26-24-23-25-29-34-43(50)33-28-9-7-2/h9,23-26,28-30,34-35,43-46,50-52H,6-8,10-22,27,31-33,36-42H2,1-5H3/p+1/b25-23+,26-24-,28-9-,34-29+,35-30-/t43-,44+,45+,46+/m0/s1. The second-order valence-corrected chi connectivity index (χ2v) is 18.4. The average Bonchev–Trinajstić information content (AvgIpc) is 3.20. The van der Waals surface area contributed by atoms with Gasteiger partial charge in [0.1, 0.15) is 19.8 Å². The maximum atomic E-state index is 12.7. The van der Waals surface area contributed by atoms with Gasteiger partial charge in [0.25, 0.3) is 0 Å². The van der Waals surface area contributed by atoms with Crippen LogP contribution in [0.1, 0.15) is 162 Å². The number of aliphatic hydroxyl groups excluding tert-OH is 3. The first-order chi connectivity index (χ1) is 29.2. The van der Waals surface area contributed by atoms with E-state index in [-0.39, 0.29) is 38.9 Å². The summed E-state index contributed by atoms with van der Waals surface area (Å²) >= 11 is 0. The highest BCUT2D eigenvalue weighted by Gasteiger charge is 2.27. The van der Waals surface area contributed by atoms with E-state index in [1.54, 1.807) is 42.5 Å². The molecule has 0 aliphatic rings. The Morgan fingerprint density at radius 1 is 0.623 bits per heavy atom. The van der Waals surface area contributed by atoms with Crippen molar-refractivity contribution in [3.63, 3.8) is 0 Å². The summed E-state index contributed by atoms with van der Waals surface area (Å²) in [6.45, 7) is 3.83. The van der Waals surface area contributed by atoms with Crippen molar-refractivity contribution in [3.05, 3.63) is 60.8 Å². The molecule has 61 heavy (non-hydrogen) atoms. The Hall–Kier alpha value is -2.41. The Morgan fingerprint density at radius 2 is 1.13 bits per heavy atom. The van der Waals surface area contributed by atoms with Gasteiger partial charge in [-0.3, -0.25) is 18.6 Å². The van der Waals surface area contributed by atoms with Gasteiger partial charge in [0.15, 0.2) is 6.10 Å². The molecule has 0 heterocycles. The number of quaternary nitrogens is 1. The molecule has 0 spiro atoms. The molecule has 4 N–H and O–H groups in total. The minimum Gasteiger partial charge on any atom is -0.462 e. The van der Waals surface area contributed by atoms with Crippen LogP contribution in [-0.2, 0) is 32.7 Å². The summed E-state index contributed by atoms with van der Waals surface area (Å²) in [6.07, 6.45) is 36.4. The zero-order chi connectivity index (χ0) is 45.5. The van der Waals surface area contributed by atoms with Crippen molar-refractivity contribution in [1.29, 1.82) is 0 Å². The molecule has 0 aromatic heterocycles. The Kier molecular flexibility index (Phi) is 37.7. The molecule has 0 aromatic carbocycles. The molecule has 0 bridgehead atoms. The Labute approximate surface area is 370 Å². The lowest BCUT2D eigenvalue weighted by atomic mass is 10.0. The predicted octanol–water partition coefficient (Wildman–Crippen LogP) is 10.2. The monoisotopic (exact) mass is 885 g/mol. The zero-order valence-electron chi connectivity index (χ0n) is 38.7. The van der Waals surface area contributed by atoms with E-state index in [0.29, 0.717) is 23.9 Å².